The van der Waals surface area contributed by atoms with Gasteiger partial charge >= 0.3 is 0 Å². The van der Waals surface area contributed by atoms with Crippen molar-refractivity contribution in [3.8, 4) is 0 Å². The van der Waals surface area contributed by atoms with E-state index in [9.17, 15) is 8.42 Å². The molecule has 3 rings (SSSR count). The monoisotopic (exact) mass is 369 g/mol. The number of nitrogens with zero attached hydrogens (tertiary/aromatic N) is 5. The average molecular weight is 369 g/mol. The Morgan fingerprint density at radius 2 is 2.16 bits per heavy atom. The molecule has 0 saturated carbocycles. The molecule has 1 aliphatic heterocycles. The SMILES string of the molecule is Cc1nccn1CC1CCCN(S(=O)(=O)c2cnn(C)c2)C1.O=CO. The van der Waals surface area contributed by atoms with E-state index in [4.69, 9.17) is 9.90 Å². The number of aryl methyl sites for hydroxylation is 2. The molecule has 0 spiro atoms. The molecule has 1 saturated heterocycles. The van der Waals surface area contributed by atoms with Gasteiger partial charge in [-0.25, -0.2) is 13.4 Å². The Labute approximate surface area is 146 Å². The molecule has 0 bridgehead atoms. The van der Waals surface area contributed by atoms with Gasteiger partial charge in [0.1, 0.15) is 10.7 Å². The van der Waals surface area contributed by atoms with Gasteiger partial charge in [0.05, 0.1) is 6.20 Å². The zero-order valence-electron chi connectivity index (χ0n) is 14.3. The molecule has 2 aromatic rings. The zero-order chi connectivity index (χ0) is 18.4. The van der Waals surface area contributed by atoms with Gasteiger partial charge < -0.3 is 9.67 Å². The molecule has 10 heteroatoms. The summed E-state index contributed by atoms with van der Waals surface area (Å²) in [7, 11) is -1.72. The van der Waals surface area contributed by atoms with E-state index >= 15 is 0 Å². The van der Waals surface area contributed by atoms with Gasteiger partial charge in [-0.05, 0) is 25.7 Å². The fraction of sp³-hybridized carbons (Fsp3) is 0.533. The van der Waals surface area contributed by atoms with Crippen molar-refractivity contribution in [1.82, 2.24) is 23.6 Å². The van der Waals surface area contributed by atoms with Gasteiger partial charge in [-0.3, -0.25) is 9.48 Å². The van der Waals surface area contributed by atoms with Crippen molar-refractivity contribution < 1.29 is 18.3 Å². The van der Waals surface area contributed by atoms with Crippen LogP contribution >= 0.6 is 0 Å². The molecule has 0 aliphatic carbocycles. The molecule has 138 valence electrons. The van der Waals surface area contributed by atoms with Gasteiger partial charge in [0, 0.05) is 45.3 Å². The van der Waals surface area contributed by atoms with Crippen LogP contribution in [0.1, 0.15) is 18.7 Å². The van der Waals surface area contributed by atoms with Crippen LogP contribution in [-0.2, 0) is 28.4 Å². The first-order valence-corrected chi connectivity index (χ1v) is 9.37. The van der Waals surface area contributed by atoms with Crippen molar-refractivity contribution in [2.75, 3.05) is 13.1 Å². The molecule has 2 aromatic heterocycles. The minimum atomic E-state index is -3.44. The van der Waals surface area contributed by atoms with Gasteiger partial charge in [0.2, 0.25) is 10.0 Å². The maximum atomic E-state index is 12.7. The normalized spacial score (nSPS) is 18.4. The lowest BCUT2D eigenvalue weighted by molar-refractivity contribution is -0.122. The summed E-state index contributed by atoms with van der Waals surface area (Å²) in [6.45, 7) is 3.66. The van der Waals surface area contributed by atoms with Gasteiger partial charge in [-0.1, -0.05) is 0 Å². The van der Waals surface area contributed by atoms with E-state index in [1.165, 1.54) is 10.9 Å². The molecule has 1 N–H and O–H groups in total. The topological polar surface area (TPSA) is 110 Å². The van der Waals surface area contributed by atoms with E-state index in [0.717, 1.165) is 25.2 Å². The second kappa shape index (κ2) is 8.26. The molecule has 0 amide bonds. The summed E-state index contributed by atoms with van der Waals surface area (Å²) in [5.74, 6) is 1.28. The third-order valence-electron chi connectivity index (χ3n) is 4.18. The molecule has 0 radical (unpaired) electrons. The molecule has 1 atom stereocenters. The van der Waals surface area contributed by atoms with Crippen molar-refractivity contribution in [2.24, 2.45) is 13.0 Å². The highest BCUT2D eigenvalue weighted by Crippen LogP contribution is 2.24. The maximum absolute atomic E-state index is 12.7. The zero-order valence-corrected chi connectivity index (χ0v) is 15.1. The molecular formula is C15H23N5O4S. The van der Waals surface area contributed by atoms with Crippen LogP contribution in [0.5, 0.6) is 0 Å². The maximum Gasteiger partial charge on any atom is 0.290 e. The van der Waals surface area contributed by atoms with Gasteiger partial charge in [-0.15, -0.1) is 0 Å². The third-order valence-corrected chi connectivity index (χ3v) is 6.00. The first-order valence-electron chi connectivity index (χ1n) is 7.93. The predicted molar refractivity (Wildman–Crippen MR) is 90.3 cm³/mol. The van der Waals surface area contributed by atoms with Crippen molar-refractivity contribution in [3.05, 3.63) is 30.6 Å². The van der Waals surface area contributed by atoms with Gasteiger partial charge in [0.25, 0.3) is 6.47 Å². The first-order chi connectivity index (χ1) is 11.9. The van der Waals surface area contributed by atoms with Crippen LogP contribution < -0.4 is 0 Å². The Morgan fingerprint density at radius 1 is 1.44 bits per heavy atom. The summed E-state index contributed by atoms with van der Waals surface area (Å²) in [5.41, 5.74) is 0. The highest BCUT2D eigenvalue weighted by atomic mass is 32.2. The van der Waals surface area contributed by atoms with Gasteiger partial charge in [0.15, 0.2) is 0 Å². The summed E-state index contributed by atoms with van der Waals surface area (Å²) in [5, 5.41) is 10.9. The number of rotatable bonds is 4. The lowest BCUT2D eigenvalue weighted by Gasteiger charge is -2.31. The minimum Gasteiger partial charge on any atom is -0.483 e. The Bertz CT molecular complexity index is 798. The highest BCUT2D eigenvalue weighted by Gasteiger charge is 2.31. The number of piperidine rings is 1. The number of carboxylic acid groups (broad SMARTS) is 1. The molecule has 25 heavy (non-hydrogen) atoms. The van der Waals surface area contributed by atoms with E-state index in [-0.39, 0.29) is 11.4 Å². The van der Waals surface area contributed by atoms with E-state index in [1.807, 2.05) is 13.1 Å². The van der Waals surface area contributed by atoms with E-state index < -0.39 is 10.0 Å². The molecule has 9 nitrogen and oxygen atoms in total. The van der Waals surface area contributed by atoms with E-state index in [0.29, 0.717) is 19.0 Å². The fourth-order valence-electron chi connectivity index (χ4n) is 2.95. The van der Waals surface area contributed by atoms with Crippen molar-refractivity contribution >= 4 is 16.5 Å². The summed E-state index contributed by atoms with van der Waals surface area (Å²) < 4.78 is 30.5. The lowest BCUT2D eigenvalue weighted by Crippen LogP contribution is -2.41. The molecule has 1 aliphatic rings. The van der Waals surface area contributed by atoms with E-state index in [1.54, 1.807) is 23.7 Å². The standard InChI is InChI=1S/C14H21N5O2S.CH2O2/c1-12-15-5-7-18(12)9-13-4-3-6-19(10-13)22(20,21)14-8-16-17(2)11-14;2-1-3/h5,7-8,11,13H,3-4,6,9-10H2,1-2H3;1H,(H,2,3). The summed E-state index contributed by atoms with van der Waals surface area (Å²) in [4.78, 5) is 12.9. The first kappa shape index (κ1) is 19.1. The van der Waals surface area contributed by atoms with Crippen molar-refractivity contribution in [2.45, 2.75) is 31.2 Å². The largest absolute Gasteiger partial charge is 0.483 e. The number of hydrogen-bond acceptors (Lipinski definition) is 5. The molecule has 1 fully saturated rings. The highest BCUT2D eigenvalue weighted by molar-refractivity contribution is 7.89. The Morgan fingerprint density at radius 3 is 2.72 bits per heavy atom. The quantitative estimate of drug-likeness (QED) is 0.796. The lowest BCUT2D eigenvalue weighted by atomic mass is 10.00. The average Bonchev–Trinajstić information content (AvgIpc) is 3.18. The Hall–Kier alpha value is -2.20. The third kappa shape index (κ3) is 4.67. The second-order valence-electron chi connectivity index (χ2n) is 5.95. The van der Waals surface area contributed by atoms with Crippen LogP contribution in [0.15, 0.2) is 29.7 Å². The van der Waals surface area contributed by atoms with Crippen molar-refractivity contribution in [3.63, 3.8) is 0 Å². The van der Waals surface area contributed by atoms with Gasteiger partial charge in [-0.2, -0.15) is 9.40 Å². The van der Waals surface area contributed by atoms with Crippen LogP contribution in [0.3, 0.4) is 0 Å². The molecule has 3 heterocycles. The second-order valence-corrected chi connectivity index (χ2v) is 7.89. The smallest absolute Gasteiger partial charge is 0.290 e. The fourth-order valence-corrected chi connectivity index (χ4v) is 4.49. The number of aromatic nitrogens is 4. The summed E-state index contributed by atoms with van der Waals surface area (Å²) in [6, 6.07) is 0. The van der Waals surface area contributed by atoms with Crippen LogP contribution in [-0.4, -0.2) is 56.7 Å². The van der Waals surface area contributed by atoms with Crippen LogP contribution in [0.25, 0.3) is 0 Å². The number of carbonyl (C=O) groups is 1. The predicted octanol–water partition coefficient (Wildman–Crippen LogP) is 0.727. The van der Waals surface area contributed by atoms with Crippen LogP contribution in [0.2, 0.25) is 0 Å². The Kier molecular flexibility index (Phi) is 6.32. The Balaban J connectivity index is 0.000000701. The molecule has 1 unspecified atom stereocenters. The molecule has 0 aromatic carbocycles. The van der Waals surface area contributed by atoms with Crippen LogP contribution in [0.4, 0.5) is 0 Å². The minimum absolute atomic E-state index is 0.250. The summed E-state index contributed by atoms with van der Waals surface area (Å²) in [6.07, 6.45) is 8.62. The van der Waals surface area contributed by atoms with Crippen LogP contribution in [0, 0.1) is 12.8 Å². The number of hydrogen-bond donors (Lipinski definition) is 1. The molecular weight excluding hydrogens is 346 g/mol. The number of imidazole rings is 1. The summed E-state index contributed by atoms with van der Waals surface area (Å²) >= 11 is 0. The van der Waals surface area contributed by atoms with Crippen molar-refractivity contribution in [1.29, 1.82) is 0 Å². The number of sulfonamides is 1. The van der Waals surface area contributed by atoms with E-state index in [2.05, 4.69) is 14.6 Å².